The molecular weight excluding hydrogens is 262 g/mol. The molecule has 0 unspecified atom stereocenters. The third kappa shape index (κ3) is 5.79. The Bertz CT molecular complexity index is 420. The number of amides is 1. The molecule has 1 atom stereocenters. The molecule has 0 saturated heterocycles. The highest BCUT2D eigenvalue weighted by atomic mass is 32.2. The predicted molar refractivity (Wildman–Crippen MR) is 77.0 cm³/mol. The van der Waals surface area contributed by atoms with Gasteiger partial charge in [-0.05, 0) is 11.5 Å². The number of hydrogen-bond donors (Lipinski definition) is 2. The van der Waals surface area contributed by atoms with E-state index in [2.05, 4.69) is 5.32 Å². The van der Waals surface area contributed by atoms with Crippen molar-refractivity contribution >= 4 is 23.6 Å². The van der Waals surface area contributed by atoms with Gasteiger partial charge in [0.25, 0.3) is 0 Å². The zero-order valence-electron chi connectivity index (χ0n) is 11.1. The molecule has 0 aliphatic carbocycles. The third-order valence-electron chi connectivity index (χ3n) is 2.59. The molecule has 0 spiro atoms. The number of carbonyl (C=O) groups excluding carboxylic acids is 1. The van der Waals surface area contributed by atoms with Crippen LogP contribution in [0.3, 0.4) is 0 Å². The molecule has 0 heterocycles. The summed E-state index contributed by atoms with van der Waals surface area (Å²) >= 11 is 1.47. The van der Waals surface area contributed by atoms with Crippen molar-refractivity contribution in [1.82, 2.24) is 5.32 Å². The van der Waals surface area contributed by atoms with Crippen molar-refractivity contribution in [3.8, 4) is 0 Å². The normalized spacial score (nSPS) is 12.2. The van der Waals surface area contributed by atoms with Gasteiger partial charge in [-0.15, -0.1) is 11.8 Å². The Morgan fingerprint density at radius 3 is 2.42 bits per heavy atom. The lowest BCUT2D eigenvalue weighted by Crippen LogP contribution is -2.45. The van der Waals surface area contributed by atoms with Crippen LogP contribution >= 0.6 is 11.8 Å². The summed E-state index contributed by atoms with van der Waals surface area (Å²) in [5.74, 6) is -0.335. The third-order valence-corrected chi connectivity index (χ3v) is 3.60. The van der Waals surface area contributed by atoms with E-state index in [9.17, 15) is 9.59 Å². The van der Waals surface area contributed by atoms with Crippen LogP contribution in [0.5, 0.6) is 0 Å². The van der Waals surface area contributed by atoms with Crippen LogP contribution in [0.25, 0.3) is 0 Å². The lowest BCUT2D eigenvalue weighted by Gasteiger charge is -2.17. The highest BCUT2D eigenvalue weighted by Crippen LogP contribution is 2.11. The summed E-state index contributed by atoms with van der Waals surface area (Å²) in [5.41, 5.74) is 1.15. The number of carboxylic acid groups (broad SMARTS) is 1. The van der Waals surface area contributed by atoms with Gasteiger partial charge in [0, 0.05) is 5.75 Å². The van der Waals surface area contributed by atoms with Gasteiger partial charge < -0.3 is 10.4 Å². The average molecular weight is 281 g/mol. The van der Waals surface area contributed by atoms with Crippen LogP contribution in [-0.2, 0) is 15.3 Å². The number of nitrogens with one attached hydrogen (secondary N) is 1. The molecule has 0 aromatic heterocycles. The van der Waals surface area contributed by atoms with Crippen LogP contribution in [-0.4, -0.2) is 28.8 Å². The standard InChI is InChI=1S/C14H19NO3S/c1-10(2)13(14(17)18)15-12(16)9-19-8-11-6-4-3-5-7-11/h3-7,10,13H,8-9H2,1-2H3,(H,15,16)(H,17,18)/t13-/m0/s1. The fourth-order valence-electron chi connectivity index (χ4n) is 1.56. The van der Waals surface area contributed by atoms with Crippen molar-refractivity contribution in [3.05, 3.63) is 35.9 Å². The van der Waals surface area contributed by atoms with Gasteiger partial charge in [-0.3, -0.25) is 4.79 Å². The van der Waals surface area contributed by atoms with Crippen LogP contribution in [0, 0.1) is 5.92 Å². The van der Waals surface area contributed by atoms with Gasteiger partial charge in [-0.2, -0.15) is 0 Å². The number of rotatable bonds is 7. The molecule has 1 amide bonds. The van der Waals surface area contributed by atoms with Crippen molar-refractivity contribution < 1.29 is 14.7 Å². The Morgan fingerprint density at radius 1 is 1.26 bits per heavy atom. The molecule has 19 heavy (non-hydrogen) atoms. The van der Waals surface area contributed by atoms with E-state index >= 15 is 0 Å². The second kappa shape index (κ2) is 7.84. The van der Waals surface area contributed by atoms with E-state index in [0.29, 0.717) is 0 Å². The smallest absolute Gasteiger partial charge is 0.326 e. The maximum atomic E-state index is 11.7. The first-order chi connectivity index (χ1) is 9.00. The summed E-state index contributed by atoms with van der Waals surface area (Å²) in [6.07, 6.45) is 0. The number of benzene rings is 1. The minimum absolute atomic E-state index is 0.124. The first kappa shape index (κ1) is 15.6. The number of carbonyl (C=O) groups is 2. The molecule has 1 aromatic carbocycles. The minimum Gasteiger partial charge on any atom is -0.480 e. The molecule has 2 N–H and O–H groups in total. The second-order valence-corrected chi connectivity index (χ2v) is 5.59. The Labute approximate surface area is 117 Å². The fourth-order valence-corrected chi connectivity index (χ4v) is 2.36. The largest absolute Gasteiger partial charge is 0.480 e. The average Bonchev–Trinajstić information content (AvgIpc) is 2.36. The molecule has 104 valence electrons. The molecule has 0 radical (unpaired) electrons. The molecule has 5 heteroatoms. The summed E-state index contributed by atoms with van der Waals surface area (Å²) in [6.45, 7) is 3.55. The van der Waals surface area contributed by atoms with Gasteiger partial charge >= 0.3 is 5.97 Å². The molecule has 1 rings (SSSR count). The molecule has 0 aliphatic heterocycles. The zero-order chi connectivity index (χ0) is 14.3. The summed E-state index contributed by atoms with van der Waals surface area (Å²) in [6, 6.07) is 9.04. The molecule has 4 nitrogen and oxygen atoms in total. The quantitative estimate of drug-likeness (QED) is 0.803. The van der Waals surface area contributed by atoms with Crippen molar-refractivity contribution in [2.45, 2.75) is 25.6 Å². The molecule has 0 aliphatic rings. The van der Waals surface area contributed by atoms with Gasteiger partial charge in [0.2, 0.25) is 5.91 Å². The number of hydrogen-bond acceptors (Lipinski definition) is 3. The van der Waals surface area contributed by atoms with Crippen LogP contribution in [0.15, 0.2) is 30.3 Å². The molecule has 0 bridgehead atoms. The van der Waals surface area contributed by atoms with E-state index in [1.165, 1.54) is 11.8 Å². The molecule has 0 saturated carbocycles. The van der Waals surface area contributed by atoms with Crippen molar-refractivity contribution in [1.29, 1.82) is 0 Å². The Kier molecular flexibility index (Phi) is 6.42. The van der Waals surface area contributed by atoms with E-state index in [1.807, 2.05) is 30.3 Å². The number of carboxylic acids is 1. The van der Waals surface area contributed by atoms with Gasteiger partial charge in [-0.25, -0.2) is 4.79 Å². The lowest BCUT2D eigenvalue weighted by molar-refractivity contribution is -0.142. The van der Waals surface area contributed by atoms with E-state index in [1.54, 1.807) is 13.8 Å². The van der Waals surface area contributed by atoms with Gasteiger partial charge in [0.05, 0.1) is 5.75 Å². The first-order valence-corrected chi connectivity index (χ1v) is 7.30. The predicted octanol–water partition coefficient (Wildman–Crippen LogP) is 2.15. The summed E-state index contributed by atoms with van der Waals surface area (Å²) in [7, 11) is 0. The highest BCUT2D eigenvalue weighted by Gasteiger charge is 2.22. The van der Waals surface area contributed by atoms with E-state index < -0.39 is 12.0 Å². The topological polar surface area (TPSA) is 66.4 Å². The van der Waals surface area contributed by atoms with Crippen molar-refractivity contribution in [2.75, 3.05) is 5.75 Å². The van der Waals surface area contributed by atoms with E-state index in [-0.39, 0.29) is 17.6 Å². The second-order valence-electron chi connectivity index (χ2n) is 4.61. The number of thioether (sulfide) groups is 1. The SMILES string of the molecule is CC(C)[C@H](NC(=O)CSCc1ccccc1)C(=O)O. The minimum atomic E-state index is -0.989. The van der Waals surface area contributed by atoms with Crippen molar-refractivity contribution in [2.24, 2.45) is 5.92 Å². The Balaban J connectivity index is 2.33. The highest BCUT2D eigenvalue weighted by molar-refractivity contribution is 7.99. The number of aliphatic carboxylic acids is 1. The monoisotopic (exact) mass is 281 g/mol. The molecule has 0 fully saturated rings. The summed E-state index contributed by atoms with van der Waals surface area (Å²) in [4.78, 5) is 22.6. The Hall–Kier alpha value is -1.49. The molecular formula is C14H19NO3S. The maximum absolute atomic E-state index is 11.7. The first-order valence-electron chi connectivity index (χ1n) is 6.14. The Morgan fingerprint density at radius 2 is 1.89 bits per heavy atom. The van der Waals surface area contributed by atoms with Gasteiger partial charge in [0.15, 0.2) is 0 Å². The fraction of sp³-hybridized carbons (Fsp3) is 0.429. The van der Waals surface area contributed by atoms with Crippen LogP contribution in [0.4, 0.5) is 0 Å². The van der Waals surface area contributed by atoms with Gasteiger partial charge in [0.1, 0.15) is 6.04 Å². The maximum Gasteiger partial charge on any atom is 0.326 e. The van der Waals surface area contributed by atoms with Gasteiger partial charge in [-0.1, -0.05) is 44.2 Å². The van der Waals surface area contributed by atoms with Crippen LogP contribution in [0.1, 0.15) is 19.4 Å². The van der Waals surface area contributed by atoms with Crippen LogP contribution in [0.2, 0.25) is 0 Å². The molecule has 1 aromatic rings. The lowest BCUT2D eigenvalue weighted by atomic mass is 10.1. The van der Waals surface area contributed by atoms with E-state index in [4.69, 9.17) is 5.11 Å². The zero-order valence-corrected chi connectivity index (χ0v) is 11.9. The van der Waals surface area contributed by atoms with E-state index in [0.717, 1.165) is 11.3 Å². The summed E-state index contributed by atoms with van der Waals surface area (Å²) < 4.78 is 0. The van der Waals surface area contributed by atoms with Crippen LogP contribution < -0.4 is 5.32 Å². The summed E-state index contributed by atoms with van der Waals surface area (Å²) in [5, 5.41) is 11.5. The van der Waals surface area contributed by atoms with Crippen molar-refractivity contribution in [3.63, 3.8) is 0 Å².